The van der Waals surface area contributed by atoms with Gasteiger partial charge < -0.3 is 15.0 Å². The Kier molecular flexibility index (Phi) is 3.58. The number of hydrogen-bond acceptors (Lipinski definition) is 5. The quantitative estimate of drug-likeness (QED) is 0.780. The molecule has 1 N–H and O–H groups in total. The van der Waals surface area contributed by atoms with Crippen LogP contribution in [0.25, 0.3) is 0 Å². The van der Waals surface area contributed by atoms with Gasteiger partial charge in [-0.3, -0.25) is 0 Å². The molecule has 1 saturated heterocycles. The van der Waals surface area contributed by atoms with Gasteiger partial charge in [0.05, 0.1) is 7.11 Å². The molecule has 0 saturated carbocycles. The van der Waals surface area contributed by atoms with E-state index in [4.69, 9.17) is 0 Å². The summed E-state index contributed by atoms with van der Waals surface area (Å²) in [6, 6.07) is 4.15. The molecule has 2 heterocycles. The Morgan fingerprint density at radius 1 is 1.65 bits per heavy atom. The second-order valence-corrected chi connectivity index (χ2v) is 4.15. The number of anilines is 1. The summed E-state index contributed by atoms with van der Waals surface area (Å²) in [7, 11) is 3.40. The van der Waals surface area contributed by atoms with Crippen molar-refractivity contribution in [1.29, 1.82) is 0 Å². The van der Waals surface area contributed by atoms with Gasteiger partial charge in [-0.25, -0.2) is 9.78 Å². The number of nitrogens with one attached hydrogen (secondary N) is 1. The van der Waals surface area contributed by atoms with E-state index in [9.17, 15) is 4.79 Å². The molecule has 1 fully saturated rings. The fraction of sp³-hybridized carbons (Fsp3) is 0.500. The van der Waals surface area contributed by atoms with Crippen LogP contribution in [0.5, 0.6) is 0 Å². The summed E-state index contributed by atoms with van der Waals surface area (Å²) in [6.07, 6.45) is 2.76. The fourth-order valence-electron chi connectivity index (χ4n) is 2.04. The highest BCUT2D eigenvalue weighted by Gasteiger charge is 2.20. The number of rotatable bonds is 3. The fourth-order valence-corrected chi connectivity index (χ4v) is 2.04. The van der Waals surface area contributed by atoms with Gasteiger partial charge in [0.15, 0.2) is 0 Å². The van der Waals surface area contributed by atoms with E-state index < -0.39 is 5.97 Å². The molecule has 1 unspecified atom stereocenters. The molecule has 1 atom stereocenters. The van der Waals surface area contributed by atoms with Crippen molar-refractivity contribution in [3.8, 4) is 0 Å². The Balaban J connectivity index is 2.17. The van der Waals surface area contributed by atoms with Crippen LogP contribution in [-0.2, 0) is 4.74 Å². The lowest BCUT2D eigenvalue weighted by atomic mass is 10.2. The molecular weight excluding hydrogens is 218 g/mol. The minimum atomic E-state index is -0.398. The van der Waals surface area contributed by atoms with Gasteiger partial charge in [-0.15, -0.1) is 0 Å². The number of carbonyl (C=O) groups is 1. The zero-order chi connectivity index (χ0) is 12.3. The second-order valence-electron chi connectivity index (χ2n) is 4.15. The molecule has 0 spiro atoms. The van der Waals surface area contributed by atoms with Crippen molar-refractivity contribution < 1.29 is 9.53 Å². The smallest absolute Gasteiger partial charge is 0.356 e. The number of hydrogen-bond donors (Lipinski definition) is 1. The van der Waals surface area contributed by atoms with Crippen molar-refractivity contribution >= 4 is 11.7 Å². The summed E-state index contributed by atoms with van der Waals surface area (Å²) >= 11 is 0. The van der Waals surface area contributed by atoms with Gasteiger partial charge >= 0.3 is 5.97 Å². The van der Waals surface area contributed by atoms with Crippen LogP contribution in [0.15, 0.2) is 18.3 Å². The first-order valence-corrected chi connectivity index (χ1v) is 5.70. The van der Waals surface area contributed by atoms with E-state index in [0.29, 0.717) is 11.7 Å². The van der Waals surface area contributed by atoms with Crippen LogP contribution in [0.2, 0.25) is 0 Å². The molecule has 1 aliphatic rings. The second kappa shape index (κ2) is 5.14. The first-order chi connectivity index (χ1) is 8.22. The molecule has 92 valence electrons. The summed E-state index contributed by atoms with van der Waals surface area (Å²) in [5.41, 5.74) is 1.34. The Morgan fingerprint density at radius 3 is 3.12 bits per heavy atom. The lowest BCUT2D eigenvalue weighted by Gasteiger charge is -2.26. The first-order valence-electron chi connectivity index (χ1n) is 5.70. The maximum atomic E-state index is 11.4. The molecule has 5 nitrogen and oxygen atoms in total. The molecule has 0 aromatic carbocycles. The van der Waals surface area contributed by atoms with E-state index in [1.807, 2.05) is 13.1 Å². The van der Waals surface area contributed by atoms with Crippen LogP contribution in [0, 0.1) is 0 Å². The number of methoxy groups -OCH3 is 1. The molecule has 0 bridgehead atoms. The lowest BCUT2D eigenvalue weighted by Crippen LogP contribution is -2.33. The van der Waals surface area contributed by atoms with Gasteiger partial charge in [0.25, 0.3) is 0 Å². The number of pyridine rings is 1. The monoisotopic (exact) mass is 235 g/mol. The third-order valence-electron chi connectivity index (χ3n) is 3.13. The van der Waals surface area contributed by atoms with Crippen LogP contribution in [0.1, 0.15) is 16.9 Å². The SMILES string of the molecule is COC(=O)c1cc(N(C)C2CCNC2)ccn1. The van der Waals surface area contributed by atoms with E-state index in [2.05, 4.69) is 19.9 Å². The van der Waals surface area contributed by atoms with Gasteiger partial charge in [-0.1, -0.05) is 0 Å². The van der Waals surface area contributed by atoms with Crippen LogP contribution in [0.3, 0.4) is 0 Å². The molecule has 0 aliphatic carbocycles. The molecule has 1 aromatic heterocycles. The Morgan fingerprint density at radius 2 is 2.47 bits per heavy atom. The van der Waals surface area contributed by atoms with Crippen molar-refractivity contribution in [3.63, 3.8) is 0 Å². The highest BCUT2D eigenvalue weighted by atomic mass is 16.5. The average molecular weight is 235 g/mol. The number of likely N-dealkylation sites (N-methyl/N-ethyl adjacent to an activating group) is 1. The molecule has 1 aromatic rings. The maximum absolute atomic E-state index is 11.4. The van der Waals surface area contributed by atoms with Gasteiger partial charge in [-0.2, -0.15) is 0 Å². The third-order valence-corrected chi connectivity index (χ3v) is 3.13. The summed E-state index contributed by atoms with van der Waals surface area (Å²) in [5.74, 6) is -0.398. The maximum Gasteiger partial charge on any atom is 0.356 e. The van der Waals surface area contributed by atoms with Crippen molar-refractivity contribution in [2.75, 3.05) is 32.1 Å². The highest BCUT2D eigenvalue weighted by molar-refractivity contribution is 5.88. The van der Waals surface area contributed by atoms with Crippen molar-refractivity contribution in [1.82, 2.24) is 10.3 Å². The van der Waals surface area contributed by atoms with Gasteiger partial charge in [0, 0.05) is 31.5 Å². The Hall–Kier alpha value is -1.62. The summed E-state index contributed by atoms with van der Waals surface area (Å²) in [6.45, 7) is 2.02. The van der Waals surface area contributed by atoms with Gasteiger partial charge in [0.1, 0.15) is 5.69 Å². The van der Waals surface area contributed by atoms with E-state index in [1.165, 1.54) is 7.11 Å². The molecule has 17 heavy (non-hydrogen) atoms. The van der Waals surface area contributed by atoms with E-state index in [0.717, 1.165) is 25.2 Å². The number of esters is 1. The minimum absolute atomic E-state index is 0.350. The Labute approximate surface area is 101 Å². The number of nitrogens with zero attached hydrogens (tertiary/aromatic N) is 2. The molecule has 0 amide bonds. The predicted octanol–water partition coefficient (Wildman–Crippen LogP) is 0.666. The minimum Gasteiger partial charge on any atom is -0.464 e. The largest absolute Gasteiger partial charge is 0.464 e. The highest BCUT2D eigenvalue weighted by Crippen LogP contribution is 2.18. The molecule has 1 aliphatic heterocycles. The van der Waals surface area contributed by atoms with Crippen molar-refractivity contribution in [2.24, 2.45) is 0 Å². The average Bonchev–Trinajstić information content (AvgIpc) is 2.91. The zero-order valence-electron chi connectivity index (χ0n) is 10.1. The van der Waals surface area contributed by atoms with E-state index in [-0.39, 0.29) is 0 Å². The molecule has 0 radical (unpaired) electrons. The van der Waals surface area contributed by atoms with E-state index >= 15 is 0 Å². The standard InChI is InChI=1S/C12H17N3O2/c1-15(10-3-5-13-8-10)9-4-6-14-11(7-9)12(16)17-2/h4,6-7,10,13H,3,5,8H2,1-2H3. The topological polar surface area (TPSA) is 54.5 Å². The van der Waals surface area contributed by atoms with Gasteiger partial charge in [0.2, 0.25) is 0 Å². The third kappa shape index (κ3) is 2.55. The molecule has 5 heteroatoms. The zero-order valence-corrected chi connectivity index (χ0v) is 10.1. The summed E-state index contributed by atoms with van der Waals surface area (Å²) in [4.78, 5) is 17.6. The van der Waals surface area contributed by atoms with E-state index in [1.54, 1.807) is 12.3 Å². The van der Waals surface area contributed by atoms with Crippen molar-refractivity contribution in [2.45, 2.75) is 12.5 Å². The normalized spacial score (nSPS) is 19.1. The summed E-state index contributed by atoms with van der Waals surface area (Å²) < 4.78 is 4.66. The lowest BCUT2D eigenvalue weighted by molar-refractivity contribution is 0.0594. The summed E-state index contributed by atoms with van der Waals surface area (Å²) in [5, 5.41) is 3.32. The van der Waals surface area contributed by atoms with Crippen LogP contribution in [0.4, 0.5) is 5.69 Å². The first kappa shape index (κ1) is 11.9. The Bertz CT molecular complexity index is 402. The van der Waals surface area contributed by atoms with Crippen LogP contribution < -0.4 is 10.2 Å². The van der Waals surface area contributed by atoms with Crippen molar-refractivity contribution in [3.05, 3.63) is 24.0 Å². The predicted molar refractivity (Wildman–Crippen MR) is 65.3 cm³/mol. The number of aromatic nitrogens is 1. The van der Waals surface area contributed by atoms with Crippen LogP contribution in [-0.4, -0.2) is 44.2 Å². The number of ether oxygens (including phenoxy) is 1. The molecular formula is C12H17N3O2. The van der Waals surface area contributed by atoms with Crippen LogP contribution >= 0.6 is 0 Å². The number of carbonyl (C=O) groups excluding carboxylic acids is 1. The van der Waals surface area contributed by atoms with Gasteiger partial charge in [-0.05, 0) is 25.1 Å². The molecule has 2 rings (SSSR count).